The van der Waals surface area contributed by atoms with Crippen LogP contribution in [0.5, 0.6) is 0 Å². The summed E-state index contributed by atoms with van der Waals surface area (Å²) in [6.45, 7) is 0. The van der Waals surface area contributed by atoms with Gasteiger partial charge in [-0.1, -0.05) is 18.2 Å². The van der Waals surface area contributed by atoms with Crippen LogP contribution in [0.25, 0.3) is 0 Å². The summed E-state index contributed by atoms with van der Waals surface area (Å²) in [6.07, 6.45) is 4.17. The molecule has 0 aliphatic carbocycles. The number of aliphatic imine (C=N–C) groups is 1. The third-order valence-electron chi connectivity index (χ3n) is 6.79. The maximum atomic E-state index is 14.8. The zero-order chi connectivity index (χ0) is 31.8. The number of carbonyl (C=O) groups excluding carboxylic acids is 3. The lowest BCUT2D eigenvalue weighted by Gasteiger charge is -2.24. The fourth-order valence-electron chi connectivity index (χ4n) is 4.53. The van der Waals surface area contributed by atoms with Crippen LogP contribution in [0.4, 0.5) is 25.0 Å². The molecule has 2 aromatic carbocycles. The number of halogens is 2. The van der Waals surface area contributed by atoms with Gasteiger partial charge in [0.15, 0.2) is 0 Å². The highest BCUT2D eigenvalue weighted by atomic mass is 32.2. The standard InChI is InChI=1S/C28H21F2N5O7S2/c1-34-23-14-31-9-8-17(23)26(37)35(28(34)40)16-6-4-15(5-7-16)11-22(27(38)39)32-25(36)18-12-20(30)21(13-19(18)29)33-44(41,42)24-3-2-10-43-24/h2-10,12-14,17,22H,11H2,1H3,(H2-,32,33,36,38,39)/p+1/t17?,22-/m0/s1. The number of carboxylic acids is 1. The van der Waals surface area contributed by atoms with E-state index in [0.29, 0.717) is 23.4 Å². The minimum Gasteiger partial charge on any atom is -0.480 e. The quantitative estimate of drug-likeness (QED) is 0.302. The highest BCUT2D eigenvalue weighted by Crippen LogP contribution is 2.26. The zero-order valence-electron chi connectivity index (χ0n) is 22.6. The second-order valence-corrected chi connectivity index (χ2v) is 12.5. The van der Waals surface area contributed by atoms with E-state index >= 15 is 0 Å². The van der Waals surface area contributed by atoms with Crippen molar-refractivity contribution in [2.24, 2.45) is 10.9 Å². The number of hydrogen-bond acceptors (Lipinski definition) is 8. The van der Waals surface area contributed by atoms with Crippen molar-refractivity contribution in [3.05, 3.63) is 88.9 Å². The summed E-state index contributed by atoms with van der Waals surface area (Å²) in [5.41, 5.74) is -0.531. The lowest BCUT2D eigenvalue weighted by Crippen LogP contribution is -2.54. The lowest BCUT2D eigenvalue weighted by molar-refractivity contribution is -0.392. The molecule has 1 aromatic heterocycles. The number of thiophene rings is 1. The maximum Gasteiger partial charge on any atom is 0.506 e. The number of carboxylic acid groups (broad SMARTS) is 1. The van der Waals surface area contributed by atoms with Crippen LogP contribution >= 0.6 is 11.3 Å². The van der Waals surface area contributed by atoms with Crippen molar-refractivity contribution in [3.8, 4) is 0 Å². The van der Waals surface area contributed by atoms with E-state index in [9.17, 15) is 41.5 Å². The minimum atomic E-state index is -4.20. The fourth-order valence-corrected chi connectivity index (χ4v) is 6.58. The van der Waals surface area contributed by atoms with Gasteiger partial charge in [-0.15, -0.1) is 16.2 Å². The van der Waals surface area contributed by atoms with Crippen molar-refractivity contribution in [1.29, 1.82) is 0 Å². The normalized spacial score (nSPS) is 17.0. The van der Waals surface area contributed by atoms with Crippen LogP contribution in [0.15, 0.2) is 75.4 Å². The van der Waals surface area contributed by atoms with Crippen LogP contribution in [0.1, 0.15) is 15.9 Å². The molecular weight excluding hydrogens is 620 g/mol. The number of amides is 4. The van der Waals surface area contributed by atoms with E-state index in [-0.39, 0.29) is 16.3 Å². The molecule has 3 aromatic rings. The first-order valence-corrected chi connectivity index (χ1v) is 15.1. The Bertz CT molecular complexity index is 1890. The van der Waals surface area contributed by atoms with Gasteiger partial charge in [-0.3, -0.25) is 14.5 Å². The number of fused-ring (bicyclic) bond motifs is 1. The monoisotopic (exact) mass is 642 g/mol. The molecule has 2 aliphatic heterocycles. The predicted molar refractivity (Wildman–Crippen MR) is 156 cm³/mol. The average molecular weight is 643 g/mol. The van der Waals surface area contributed by atoms with Crippen molar-refractivity contribution in [2.45, 2.75) is 16.7 Å². The van der Waals surface area contributed by atoms with Crippen molar-refractivity contribution < 1.29 is 46.1 Å². The molecule has 16 heteroatoms. The summed E-state index contributed by atoms with van der Waals surface area (Å²) >= 11 is 0.861. The largest absolute Gasteiger partial charge is 0.506 e. The summed E-state index contributed by atoms with van der Waals surface area (Å²) in [6, 6.07) is 7.30. The smallest absolute Gasteiger partial charge is 0.480 e. The number of nitrogens with one attached hydrogen (secondary N) is 2. The van der Waals surface area contributed by atoms with E-state index in [1.165, 1.54) is 65.8 Å². The Morgan fingerprint density at radius 2 is 1.86 bits per heavy atom. The fraction of sp³-hybridized carbons (Fsp3) is 0.143. The second-order valence-electron chi connectivity index (χ2n) is 9.62. The molecular formula is C28H22F2N5O7S2+. The van der Waals surface area contributed by atoms with Crippen molar-refractivity contribution in [1.82, 2.24) is 5.32 Å². The van der Waals surface area contributed by atoms with Gasteiger partial charge in [0.25, 0.3) is 15.9 Å². The van der Waals surface area contributed by atoms with Gasteiger partial charge in [0, 0.05) is 18.7 Å². The van der Waals surface area contributed by atoms with Gasteiger partial charge in [0.05, 0.1) is 24.5 Å². The third kappa shape index (κ3) is 5.89. The SMILES string of the molecule is C[N+]1=C2C=NC=CC2C(=O)N(c2ccc(C[C@H](NC(=O)c3cc(F)c(NS(=O)(=O)c4cccs4)cc3F)C(=O)O)cc2)C1=O. The molecule has 0 radical (unpaired) electrons. The first-order valence-electron chi connectivity index (χ1n) is 12.7. The molecule has 4 amide bonds. The van der Waals surface area contributed by atoms with Crippen LogP contribution in [0.2, 0.25) is 0 Å². The second kappa shape index (κ2) is 11.9. The van der Waals surface area contributed by atoms with E-state index < -0.39 is 68.7 Å². The van der Waals surface area contributed by atoms with E-state index in [0.717, 1.165) is 16.2 Å². The maximum absolute atomic E-state index is 14.8. The molecule has 3 heterocycles. The number of aliphatic carboxylic acids is 1. The molecule has 2 aliphatic rings. The number of benzene rings is 2. The first kappa shape index (κ1) is 30.4. The van der Waals surface area contributed by atoms with Crippen molar-refractivity contribution >= 4 is 68.5 Å². The zero-order valence-corrected chi connectivity index (χ0v) is 24.2. The number of rotatable bonds is 9. The van der Waals surface area contributed by atoms with Gasteiger partial charge in [-0.05, 0) is 41.3 Å². The summed E-state index contributed by atoms with van der Waals surface area (Å²) < 4.78 is 57.4. The van der Waals surface area contributed by atoms with Crippen molar-refractivity contribution in [3.63, 3.8) is 0 Å². The van der Waals surface area contributed by atoms with E-state index in [1.807, 2.05) is 4.72 Å². The Morgan fingerprint density at radius 3 is 2.52 bits per heavy atom. The number of urea groups is 1. The molecule has 0 fully saturated rings. The van der Waals surface area contributed by atoms with Crippen LogP contribution in [-0.2, 0) is 26.0 Å². The number of nitrogens with zero attached hydrogens (tertiary/aromatic N) is 3. The van der Waals surface area contributed by atoms with Gasteiger partial charge >= 0.3 is 17.9 Å². The van der Waals surface area contributed by atoms with Crippen LogP contribution in [0, 0.1) is 17.6 Å². The van der Waals surface area contributed by atoms with E-state index in [4.69, 9.17) is 0 Å². The van der Waals surface area contributed by atoms with Gasteiger partial charge in [0.2, 0.25) is 0 Å². The highest BCUT2D eigenvalue weighted by molar-refractivity contribution is 7.94. The van der Waals surface area contributed by atoms with Crippen LogP contribution < -0.4 is 14.9 Å². The summed E-state index contributed by atoms with van der Waals surface area (Å²) in [7, 11) is -2.69. The number of imide groups is 1. The molecule has 0 bridgehead atoms. The number of sulfonamides is 1. The van der Waals surface area contributed by atoms with Gasteiger partial charge < -0.3 is 10.4 Å². The van der Waals surface area contributed by atoms with Crippen molar-refractivity contribution in [2.75, 3.05) is 16.7 Å². The molecule has 226 valence electrons. The van der Waals surface area contributed by atoms with E-state index in [1.54, 1.807) is 6.08 Å². The highest BCUT2D eigenvalue weighted by Gasteiger charge is 2.47. The molecule has 0 spiro atoms. The third-order valence-corrected chi connectivity index (χ3v) is 9.55. The topological polar surface area (TPSA) is 165 Å². The van der Waals surface area contributed by atoms with Crippen LogP contribution in [-0.4, -0.2) is 66.9 Å². The molecule has 5 rings (SSSR count). The molecule has 0 saturated heterocycles. The molecule has 1 unspecified atom stereocenters. The Kier molecular flexibility index (Phi) is 8.21. The molecule has 12 nitrogen and oxygen atoms in total. The summed E-state index contributed by atoms with van der Waals surface area (Å²) in [5.74, 6) is -6.47. The average Bonchev–Trinajstić information content (AvgIpc) is 3.55. The number of hydrogen-bond donors (Lipinski definition) is 3. The van der Waals surface area contributed by atoms with E-state index in [2.05, 4.69) is 10.3 Å². The summed E-state index contributed by atoms with van der Waals surface area (Å²) in [4.78, 5) is 55.6. The Hall–Kier alpha value is -5.09. The number of carbonyl (C=O) groups is 4. The Balaban J connectivity index is 1.30. The molecule has 3 N–H and O–H groups in total. The predicted octanol–water partition coefficient (Wildman–Crippen LogP) is 3.02. The first-order chi connectivity index (χ1) is 20.9. The van der Waals surface area contributed by atoms with Crippen LogP contribution in [0.3, 0.4) is 0 Å². The van der Waals surface area contributed by atoms with Gasteiger partial charge in [-0.25, -0.2) is 26.8 Å². The number of anilines is 2. The Morgan fingerprint density at radius 1 is 1.14 bits per heavy atom. The summed E-state index contributed by atoms with van der Waals surface area (Å²) in [5, 5.41) is 13.3. The lowest BCUT2D eigenvalue weighted by atomic mass is 9.97. The molecule has 2 atom stereocenters. The van der Waals surface area contributed by atoms with Gasteiger partial charge in [-0.2, -0.15) is 9.37 Å². The molecule has 44 heavy (non-hydrogen) atoms. The molecule has 0 saturated carbocycles. The van der Waals surface area contributed by atoms with Gasteiger partial charge in [0.1, 0.15) is 39.2 Å². The minimum absolute atomic E-state index is 0.137. The Labute approximate surface area is 252 Å².